The van der Waals surface area contributed by atoms with Gasteiger partial charge in [-0.3, -0.25) is 14.4 Å². The van der Waals surface area contributed by atoms with Crippen LogP contribution in [0.5, 0.6) is 0 Å². The Morgan fingerprint density at radius 2 is 0.422 bits per heavy atom. The Labute approximate surface area is 399 Å². The van der Waals surface area contributed by atoms with Gasteiger partial charge in [0, 0.05) is 19.3 Å². The van der Waals surface area contributed by atoms with Crippen molar-refractivity contribution in [2.24, 2.45) is 0 Å². The Kier molecular flexibility index (Phi) is 52.7. The molecule has 1 unspecified atom stereocenters. The fourth-order valence-electron chi connectivity index (χ4n) is 8.98. The highest BCUT2D eigenvalue weighted by Gasteiger charge is 2.19. The molecule has 0 fully saturated rings. The van der Waals surface area contributed by atoms with Crippen molar-refractivity contribution in [1.29, 1.82) is 0 Å². The van der Waals surface area contributed by atoms with Crippen molar-refractivity contribution in [2.75, 3.05) is 13.2 Å². The predicted octanol–water partition coefficient (Wildman–Crippen LogP) is 19.2. The van der Waals surface area contributed by atoms with Gasteiger partial charge in [0.2, 0.25) is 0 Å². The van der Waals surface area contributed by atoms with E-state index in [-0.39, 0.29) is 31.1 Å². The quantitative estimate of drug-likeness (QED) is 0.0344. The molecule has 0 aromatic rings. The van der Waals surface area contributed by atoms with Gasteiger partial charge in [-0.05, 0) is 19.3 Å². The molecule has 0 aliphatic rings. The second-order valence-corrected chi connectivity index (χ2v) is 19.9. The van der Waals surface area contributed by atoms with E-state index in [4.69, 9.17) is 14.2 Å². The summed E-state index contributed by atoms with van der Waals surface area (Å²) in [5.41, 5.74) is 0. The molecule has 0 radical (unpaired) electrons. The minimum Gasteiger partial charge on any atom is -0.462 e. The Hall–Kier alpha value is -1.59. The first kappa shape index (κ1) is 62.4. The van der Waals surface area contributed by atoms with Crippen molar-refractivity contribution in [3.05, 3.63) is 0 Å². The van der Waals surface area contributed by atoms with Gasteiger partial charge in [-0.2, -0.15) is 0 Å². The zero-order valence-corrected chi connectivity index (χ0v) is 43.6. The van der Waals surface area contributed by atoms with Gasteiger partial charge in [0.25, 0.3) is 0 Å². The number of carbonyl (C=O) groups is 3. The summed E-state index contributed by atoms with van der Waals surface area (Å²) in [6.07, 6.45) is 59.6. The number of hydrogen-bond donors (Lipinski definition) is 0. The van der Waals surface area contributed by atoms with Crippen LogP contribution in [-0.2, 0) is 28.6 Å². The first-order valence-electron chi connectivity index (χ1n) is 29.0. The number of rotatable bonds is 54. The molecule has 0 aromatic carbocycles. The summed E-state index contributed by atoms with van der Waals surface area (Å²) in [6, 6.07) is 0. The zero-order valence-electron chi connectivity index (χ0n) is 43.6. The topological polar surface area (TPSA) is 78.9 Å². The second-order valence-electron chi connectivity index (χ2n) is 19.9. The standard InChI is InChI=1S/C58H112O6/c1-4-7-10-13-16-19-21-23-25-27-28-29-30-31-33-34-36-39-42-45-48-51-57(60)63-54-55(53-62-56(59)50-47-44-41-38-18-15-12-9-6-3)64-58(61)52-49-46-43-40-37-35-32-26-24-22-20-17-14-11-8-5-2/h55H,4-54H2,1-3H3. The lowest BCUT2D eigenvalue weighted by Crippen LogP contribution is -2.30. The van der Waals surface area contributed by atoms with Gasteiger partial charge in [0.05, 0.1) is 0 Å². The third-order valence-corrected chi connectivity index (χ3v) is 13.4. The molecule has 0 saturated carbocycles. The molecule has 0 saturated heterocycles. The van der Waals surface area contributed by atoms with E-state index >= 15 is 0 Å². The highest BCUT2D eigenvalue weighted by atomic mass is 16.6. The molecule has 0 rings (SSSR count). The molecule has 380 valence electrons. The fourth-order valence-corrected chi connectivity index (χ4v) is 8.98. The molecule has 1 atom stereocenters. The van der Waals surface area contributed by atoms with Gasteiger partial charge in [0.15, 0.2) is 6.10 Å². The minimum absolute atomic E-state index is 0.0614. The van der Waals surface area contributed by atoms with Gasteiger partial charge in [-0.25, -0.2) is 0 Å². The third-order valence-electron chi connectivity index (χ3n) is 13.4. The molecule has 0 spiro atoms. The van der Waals surface area contributed by atoms with Gasteiger partial charge >= 0.3 is 17.9 Å². The third kappa shape index (κ3) is 51.4. The van der Waals surface area contributed by atoms with Crippen LogP contribution in [0, 0.1) is 0 Å². The van der Waals surface area contributed by atoms with Crippen molar-refractivity contribution >= 4 is 17.9 Å². The van der Waals surface area contributed by atoms with Crippen LogP contribution in [0.3, 0.4) is 0 Å². The van der Waals surface area contributed by atoms with E-state index in [0.29, 0.717) is 19.3 Å². The zero-order chi connectivity index (χ0) is 46.5. The lowest BCUT2D eigenvalue weighted by Gasteiger charge is -2.18. The Morgan fingerprint density at radius 3 is 0.625 bits per heavy atom. The predicted molar refractivity (Wildman–Crippen MR) is 275 cm³/mol. The Bertz CT molecular complexity index is 951. The second kappa shape index (κ2) is 54.0. The lowest BCUT2D eigenvalue weighted by molar-refractivity contribution is -0.167. The average Bonchev–Trinajstić information content (AvgIpc) is 3.29. The van der Waals surface area contributed by atoms with Gasteiger partial charge in [-0.1, -0.05) is 297 Å². The molecule has 0 amide bonds. The molecule has 0 aliphatic heterocycles. The molecule has 0 aromatic heterocycles. The fraction of sp³-hybridized carbons (Fsp3) is 0.948. The van der Waals surface area contributed by atoms with Crippen LogP contribution in [0.25, 0.3) is 0 Å². The molecule has 0 heterocycles. The summed E-state index contributed by atoms with van der Waals surface area (Å²) in [4.78, 5) is 38.0. The smallest absolute Gasteiger partial charge is 0.306 e. The van der Waals surface area contributed by atoms with E-state index in [1.54, 1.807) is 0 Å². The number of ether oxygens (including phenoxy) is 3. The number of esters is 3. The molecule has 0 aliphatic carbocycles. The van der Waals surface area contributed by atoms with Crippen molar-refractivity contribution in [1.82, 2.24) is 0 Å². The maximum atomic E-state index is 12.8. The van der Waals surface area contributed by atoms with Crippen molar-refractivity contribution in [3.8, 4) is 0 Å². The van der Waals surface area contributed by atoms with E-state index < -0.39 is 6.10 Å². The number of carbonyl (C=O) groups excluding carboxylic acids is 3. The van der Waals surface area contributed by atoms with Gasteiger partial charge in [0.1, 0.15) is 13.2 Å². The summed E-state index contributed by atoms with van der Waals surface area (Å²) in [5, 5.41) is 0. The summed E-state index contributed by atoms with van der Waals surface area (Å²) >= 11 is 0. The van der Waals surface area contributed by atoms with Crippen LogP contribution in [0.2, 0.25) is 0 Å². The number of hydrogen-bond acceptors (Lipinski definition) is 6. The van der Waals surface area contributed by atoms with E-state index in [0.717, 1.165) is 57.8 Å². The van der Waals surface area contributed by atoms with Crippen molar-refractivity contribution in [2.45, 2.75) is 341 Å². The highest BCUT2D eigenvalue weighted by molar-refractivity contribution is 5.71. The van der Waals surface area contributed by atoms with Crippen LogP contribution in [0.4, 0.5) is 0 Å². The first-order valence-corrected chi connectivity index (χ1v) is 29.0. The molecular weight excluding hydrogens is 793 g/mol. The molecule has 0 N–H and O–H groups in total. The van der Waals surface area contributed by atoms with Crippen LogP contribution in [0.1, 0.15) is 335 Å². The maximum absolute atomic E-state index is 12.8. The van der Waals surface area contributed by atoms with Crippen molar-refractivity contribution < 1.29 is 28.6 Å². The summed E-state index contributed by atoms with van der Waals surface area (Å²) in [7, 11) is 0. The summed E-state index contributed by atoms with van der Waals surface area (Å²) in [5.74, 6) is -0.837. The van der Waals surface area contributed by atoms with Crippen LogP contribution < -0.4 is 0 Å². The van der Waals surface area contributed by atoms with Crippen LogP contribution in [-0.4, -0.2) is 37.2 Å². The first-order chi connectivity index (χ1) is 31.5. The molecule has 6 nitrogen and oxygen atoms in total. The Balaban J connectivity index is 4.17. The molecular formula is C58H112O6. The molecule has 0 bridgehead atoms. The minimum atomic E-state index is -0.760. The van der Waals surface area contributed by atoms with E-state index in [9.17, 15) is 14.4 Å². The Morgan fingerprint density at radius 1 is 0.250 bits per heavy atom. The summed E-state index contributed by atoms with van der Waals surface area (Å²) < 4.78 is 16.8. The van der Waals surface area contributed by atoms with E-state index in [1.165, 1.54) is 238 Å². The highest BCUT2D eigenvalue weighted by Crippen LogP contribution is 2.18. The lowest BCUT2D eigenvalue weighted by atomic mass is 10.0. The molecule has 64 heavy (non-hydrogen) atoms. The maximum Gasteiger partial charge on any atom is 0.306 e. The van der Waals surface area contributed by atoms with E-state index in [2.05, 4.69) is 20.8 Å². The SMILES string of the molecule is CCCCCCCCCCCCCCCCCCCCCCCC(=O)OCC(COC(=O)CCCCCCCCCCC)OC(=O)CCCCCCCCCCCCCCCCCC. The number of unbranched alkanes of at least 4 members (excludes halogenated alkanes) is 43. The normalized spacial score (nSPS) is 11.9. The van der Waals surface area contributed by atoms with Crippen molar-refractivity contribution in [3.63, 3.8) is 0 Å². The van der Waals surface area contributed by atoms with E-state index in [1.807, 2.05) is 0 Å². The van der Waals surface area contributed by atoms with Gasteiger partial charge in [-0.15, -0.1) is 0 Å². The van der Waals surface area contributed by atoms with Crippen LogP contribution >= 0.6 is 0 Å². The largest absolute Gasteiger partial charge is 0.462 e. The monoisotopic (exact) mass is 905 g/mol. The van der Waals surface area contributed by atoms with Crippen LogP contribution in [0.15, 0.2) is 0 Å². The summed E-state index contributed by atoms with van der Waals surface area (Å²) in [6.45, 7) is 6.69. The van der Waals surface area contributed by atoms with Gasteiger partial charge < -0.3 is 14.2 Å². The molecule has 6 heteroatoms. The average molecular weight is 906 g/mol.